The molecular weight excluding hydrogens is 252 g/mol. The van der Waals surface area contributed by atoms with Crippen molar-refractivity contribution >= 4 is 11.3 Å². The second-order valence-electron chi connectivity index (χ2n) is 6.09. The zero-order valence-electron chi connectivity index (χ0n) is 12.6. The first-order chi connectivity index (χ1) is 9.15. The maximum Gasteiger partial charge on any atom is 0.0300 e. The van der Waals surface area contributed by atoms with E-state index in [0.717, 1.165) is 13.1 Å². The summed E-state index contributed by atoms with van der Waals surface area (Å²) in [6.07, 6.45) is 5.35. The SMILES string of the molecule is CCCC1(CNCc2cc(C)c(C)s2)CCCNC1. The highest BCUT2D eigenvalue weighted by Gasteiger charge is 2.30. The molecular formula is C16H28N2S. The van der Waals surface area contributed by atoms with Crippen LogP contribution in [0.15, 0.2) is 6.07 Å². The number of piperidine rings is 1. The van der Waals surface area contributed by atoms with E-state index in [-0.39, 0.29) is 0 Å². The molecule has 2 nitrogen and oxygen atoms in total. The van der Waals surface area contributed by atoms with Crippen molar-refractivity contribution in [3.8, 4) is 0 Å². The fourth-order valence-electron chi connectivity index (χ4n) is 3.20. The molecule has 1 fully saturated rings. The molecule has 1 atom stereocenters. The Balaban J connectivity index is 1.85. The lowest BCUT2D eigenvalue weighted by molar-refractivity contribution is 0.182. The van der Waals surface area contributed by atoms with Gasteiger partial charge >= 0.3 is 0 Å². The lowest BCUT2D eigenvalue weighted by atomic mass is 9.77. The van der Waals surface area contributed by atoms with E-state index in [0.29, 0.717) is 5.41 Å². The van der Waals surface area contributed by atoms with E-state index < -0.39 is 0 Å². The Morgan fingerprint density at radius 1 is 1.42 bits per heavy atom. The lowest BCUT2D eigenvalue weighted by Gasteiger charge is -2.38. The number of hydrogen-bond acceptors (Lipinski definition) is 3. The topological polar surface area (TPSA) is 24.1 Å². The van der Waals surface area contributed by atoms with Gasteiger partial charge in [-0.1, -0.05) is 13.3 Å². The van der Waals surface area contributed by atoms with Gasteiger partial charge in [0.15, 0.2) is 0 Å². The predicted molar refractivity (Wildman–Crippen MR) is 84.9 cm³/mol. The van der Waals surface area contributed by atoms with Crippen LogP contribution in [0.4, 0.5) is 0 Å². The van der Waals surface area contributed by atoms with E-state index in [9.17, 15) is 0 Å². The highest BCUT2D eigenvalue weighted by Crippen LogP contribution is 2.31. The first-order valence-electron chi connectivity index (χ1n) is 7.62. The smallest absolute Gasteiger partial charge is 0.0300 e. The largest absolute Gasteiger partial charge is 0.316 e. The van der Waals surface area contributed by atoms with Gasteiger partial charge in [-0.25, -0.2) is 0 Å². The summed E-state index contributed by atoms with van der Waals surface area (Å²) >= 11 is 1.94. The van der Waals surface area contributed by atoms with Gasteiger partial charge in [0, 0.05) is 29.4 Å². The standard InChI is InChI=1S/C16H28N2S/c1-4-6-16(7-5-8-17-11-16)12-18-10-15-9-13(2)14(3)19-15/h9,17-18H,4-8,10-12H2,1-3H3. The molecule has 0 spiro atoms. The summed E-state index contributed by atoms with van der Waals surface area (Å²) in [4.78, 5) is 2.94. The van der Waals surface area contributed by atoms with Gasteiger partial charge in [0.1, 0.15) is 0 Å². The first-order valence-corrected chi connectivity index (χ1v) is 8.44. The summed E-state index contributed by atoms with van der Waals surface area (Å²) in [6.45, 7) is 11.3. The average molecular weight is 280 g/mol. The van der Waals surface area contributed by atoms with Crippen LogP contribution in [0.1, 0.15) is 47.9 Å². The van der Waals surface area contributed by atoms with Gasteiger partial charge in [-0.05, 0) is 56.7 Å². The Labute approximate surface area is 122 Å². The second-order valence-corrected chi connectivity index (χ2v) is 7.43. The number of thiophene rings is 1. The molecule has 2 rings (SSSR count). The van der Waals surface area contributed by atoms with E-state index in [1.165, 1.54) is 54.1 Å². The minimum absolute atomic E-state index is 0.494. The van der Waals surface area contributed by atoms with Crippen LogP contribution in [0.3, 0.4) is 0 Å². The lowest BCUT2D eigenvalue weighted by Crippen LogP contribution is -2.46. The Morgan fingerprint density at radius 2 is 2.26 bits per heavy atom. The number of rotatable bonds is 6. The van der Waals surface area contributed by atoms with Gasteiger partial charge in [0.05, 0.1) is 0 Å². The molecule has 1 unspecified atom stereocenters. The van der Waals surface area contributed by atoms with Crippen molar-refractivity contribution in [1.82, 2.24) is 10.6 Å². The first kappa shape index (κ1) is 15.0. The van der Waals surface area contributed by atoms with Crippen molar-refractivity contribution in [1.29, 1.82) is 0 Å². The molecule has 1 saturated heterocycles. The van der Waals surface area contributed by atoms with Gasteiger partial charge < -0.3 is 10.6 Å². The van der Waals surface area contributed by atoms with Crippen molar-refractivity contribution in [2.45, 2.75) is 53.0 Å². The molecule has 19 heavy (non-hydrogen) atoms. The maximum atomic E-state index is 3.71. The molecule has 108 valence electrons. The van der Waals surface area contributed by atoms with E-state index >= 15 is 0 Å². The van der Waals surface area contributed by atoms with Gasteiger partial charge in [-0.15, -0.1) is 11.3 Å². The molecule has 0 bridgehead atoms. The molecule has 0 aromatic carbocycles. The molecule has 0 saturated carbocycles. The monoisotopic (exact) mass is 280 g/mol. The van der Waals surface area contributed by atoms with Crippen molar-refractivity contribution < 1.29 is 0 Å². The summed E-state index contributed by atoms with van der Waals surface area (Å²) in [7, 11) is 0. The Morgan fingerprint density at radius 3 is 2.84 bits per heavy atom. The number of aryl methyl sites for hydroxylation is 2. The molecule has 2 N–H and O–H groups in total. The molecule has 0 radical (unpaired) electrons. The van der Waals surface area contributed by atoms with Crippen LogP contribution in [0, 0.1) is 19.3 Å². The predicted octanol–water partition coefficient (Wildman–Crippen LogP) is 3.62. The highest BCUT2D eigenvalue weighted by molar-refractivity contribution is 7.12. The molecule has 2 heterocycles. The molecule has 0 amide bonds. The third-order valence-electron chi connectivity index (χ3n) is 4.36. The Hall–Kier alpha value is -0.380. The minimum Gasteiger partial charge on any atom is -0.316 e. The van der Waals surface area contributed by atoms with Gasteiger partial charge in [-0.2, -0.15) is 0 Å². The summed E-state index contributed by atoms with van der Waals surface area (Å²) in [5, 5.41) is 7.29. The molecule has 3 heteroatoms. The third kappa shape index (κ3) is 4.04. The van der Waals surface area contributed by atoms with Crippen LogP contribution in [0.2, 0.25) is 0 Å². The average Bonchev–Trinajstić information content (AvgIpc) is 2.70. The summed E-state index contributed by atoms with van der Waals surface area (Å²) < 4.78 is 0. The van der Waals surface area contributed by atoms with Crippen LogP contribution >= 0.6 is 11.3 Å². The van der Waals surface area contributed by atoms with Crippen LogP contribution < -0.4 is 10.6 Å². The van der Waals surface area contributed by atoms with Crippen molar-refractivity contribution in [2.75, 3.05) is 19.6 Å². The van der Waals surface area contributed by atoms with E-state index in [2.05, 4.69) is 37.5 Å². The van der Waals surface area contributed by atoms with Crippen molar-refractivity contribution in [2.24, 2.45) is 5.41 Å². The van der Waals surface area contributed by atoms with Crippen LogP contribution in [-0.2, 0) is 6.54 Å². The van der Waals surface area contributed by atoms with E-state index in [1.54, 1.807) is 0 Å². The maximum absolute atomic E-state index is 3.71. The van der Waals surface area contributed by atoms with Crippen molar-refractivity contribution in [3.63, 3.8) is 0 Å². The zero-order chi connectivity index (χ0) is 13.7. The van der Waals surface area contributed by atoms with Crippen molar-refractivity contribution in [3.05, 3.63) is 21.4 Å². The fourth-order valence-corrected chi connectivity index (χ4v) is 4.22. The molecule has 1 aromatic rings. The summed E-state index contributed by atoms with van der Waals surface area (Å²) in [5.41, 5.74) is 1.93. The molecule has 1 aliphatic rings. The highest BCUT2D eigenvalue weighted by atomic mass is 32.1. The molecule has 1 aromatic heterocycles. The summed E-state index contributed by atoms with van der Waals surface area (Å²) in [6, 6.07) is 2.33. The minimum atomic E-state index is 0.494. The van der Waals surface area contributed by atoms with Gasteiger partial charge in [0.25, 0.3) is 0 Å². The Bertz CT molecular complexity index is 366. The zero-order valence-corrected chi connectivity index (χ0v) is 13.5. The van der Waals surface area contributed by atoms with E-state index in [4.69, 9.17) is 0 Å². The van der Waals surface area contributed by atoms with Crippen LogP contribution in [-0.4, -0.2) is 19.6 Å². The summed E-state index contributed by atoms with van der Waals surface area (Å²) in [5.74, 6) is 0. The third-order valence-corrected chi connectivity index (χ3v) is 5.51. The van der Waals surface area contributed by atoms with Crippen LogP contribution in [0.5, 0.6) is 0 Å². The van der Waals surface area contributed by atoms with Gasteiger partial charge in [0.2, 0.25) is 0 Å². The second kappa shape index (κ2) is 6.87. The van der Waals surface area contributed by atoms with Gasteiger partial charge in [-0.3, -0.25) is 0 Å². The number of hydrogen-bond donors (Lipinski definition) is 2. The van der Waals surface area contributed by atoms with Crippen LogP contribution in [0.25, 0.3) is 0 Å². The fraction of sp³-hybridized carbons (Fsp3) is 0.750. The Kier molecular flexibility index (Phi) is 5.43. The quantitative estimate of drug-likeness (QED) is 0.831. The normalized spacial score (nSPS) is 23.7. The molecule has 1 aliphatic heterocycles. The molecule has 0 aliphatic carbocycles. The number of nitrogens with one attached hydrogen (secondary N) is 2. The van der Waals surface area contributed by atoms with E-state index in [1.807, 2.05) is 11.3 Å².